The summed E-state index contributed by atoms with van der Waals surface area (Å²) in [6.07, 6.45) is -4.57. The Morgan fingerprint density at radius 2 is 1.81 bits per heavy atom. The van der Waals surface area contributed by atoms with Crippen molar-refractivity contribution in [3.8, 4) is 0 Å². The fourth-order valence-corrected chi connectivity index (χ4v) is 4.18. The number of benzene rings is 2. The molecule has 3 aromatic rings. The van der Waals surface area contributed by atoms with E-state index in [1.807, 2.05) is 24.0 Å². The highest BCUT2D eigenvalue weighted by Gasteiger charge is 2.26. The van der Waals surface area contributed by atoms with Crippen LogP contribution in [0, 0.1) is 0 Å². The Hall–Kier alpha value is -2.38. The smallest absolute Gasteiger partial charge is 0.358 e. The Morgan fingerprint density at radius 1 is 1.09 bits per heavy atom. The number of H-pyrrole nitrogens is 1. The number of anilines is 1. The molecule has 0 aliphatic rings. The molecule has 0 saturated heterocycles. The second kappa shape index (κ2) is 10.5. The number of hydrogen-bond acceptors (Lipinski definition) is 2. The maximum absolute atomic E-state index is 12.7. The lowest BCUT2D eigenvalue weighted by molar-refractivity contribution is -0.135. The first-order valence-electron chi connectivity index (χ1n) is 10.3. The SMILES string of the molecule is CCNC(=O)c1cccc2[nH]c(N(CCCC(F)(F)F)CCc3cc(Cl)cc(Cl)c3)cc12. The van der Waals surface area contributed by atoms with E-state index in [9.17, 15) is 18.0 Å². The highest BCUT2D eigenvalue weighted by molar-refractivity contribution is 6.34. The number of nitrogens with zero attached hydrogens (tertiary/aromatic N) is 1. The van der Waals surface area contributed by atoms with Gasteiger partial charge in [-0.05, 0) is 61.7 Å². The molecule has 32 heavy (non-hydrogen) atoms. The average Bonchev–Trinajstić information content (AvgIpc) is 3.13. The van der Waals surface area contributed by atoms with Gasteiger partial charge in [0.15, 0.2) is 0 Å². The molecule has 1 aromatic heterocycles. The Balaban J connectivity index is 1.86. The topological polar surface area (TPSA) is 48.1 Å². The standard InChI is InChI=1S/C23H24Cl2F3N3O/c1-2-29-22(32)18-5-3-6-20-19(18)14-21(30-20)31(9-4-8-23(26,27)28)10-7-15-11-16(24)13-17(25)12-15/h3,5-6,11-14,30H,2,4,7-10H2,1H3,(H,29,32). The van der Waals surface area contributed by atoms with E-state index in [2.05, 4.69) is 10.3 Å². The first-order valence-corrected chi connectivity index (χ1v) is 11.1. The number of aromatic nitrogens is 1. The summed E-state index contributed by atoms with van der Waals surface area (Å²) >= 11 is 12.2. The largest absolute Gasteiger partial charge is 0.389 e. The minimum Gasteiger partial charge on any atom is -0.358 e. The van der Waals surface area contributed by atoms with Gasteiger partial charge in [-0.25, -0.2) is 0 Å². The van der Waals surface area contributed by atoms with Crippen molar-refractivity contribution in [1.82, 2.24) is 10.3 Å². The van der Waals surface area contributed by atoms with Crippen LogP contribution < -0.4 is 10.2 Å². The highest BCUT2D eigenvalue weighted by Crippen LogP contribution is 2.28. The summed E-state index contributed by atoms with van der Waals surface area (Å²) in [5, 5.41) is 4.52. The lowest BCUT2D eigenvalue weighted by atomic mass is 10.1. The first kappa shape index (κ1) is 24.3. The molecular formula is C23H24Cl2F3N3O. The molecule has 1 heterocycles. The lowest BCUT2D eigenvalue weighted by Gasteiger charge is -2.24. The summed E-state index contributed by atoms with van der Waals surface area (Å²) in [6, 6.07) is 12.4. The number of rotatable bonds is 9. The Labute approximate surface area is 194 Å². The van der Waals surface area contributed by atoms with Gasteiger partial charge < -0.3 is 15.2 Å². The van der Waals surface area contributed by atoms with Gasteiger partial charge in [-0.1, -0.05) is 29.3 Å². The minimum absolute atomic E-state index is 0.0433. The Kier molecular flexibility index (Phi) is 7.96. The molecule has 4 nitrogen and oxygen atoms in total. The van der Waals surface area contributed by atoms with Crippen LogP contribution in [0.4, 0.5) is 19.0 Å². The third-order valence-electron chi connectivity index (χ3n) is 5.05. The number of carbonyl (C=O) groups is 1. The van der Waals surface area contributed by atoms with Crippen LogP contribution in [0.5, 0.6) is 0 Å². The highest BCUT2D eigenvalue weighted by atomic mass is 35.5. The van der Waals surface area contributed by atoms with Crippen LogP contribution in [0.25, 0.3) is 10.9 Å². The molecule has 9 heteroatoms. The molecule has 0 fully saturated rings. The van der Waals surface area contributed by atoms with Gasteiger partial charge in [-0.15, -0.1) is 0 Å². The molecule has 2 N–H and O–H groups in total. The molecule has 0 saturated carbocycles. The van der Waals surface area contributed by atoms with E-state index >= 15 is 0 Å². The maximum atomic E-state index is 12.7. The van der Waals surface area contributed by atoms with Crippen molar-refractivity contribution in [2.75, 3.05) is 24.5 Å². The molecule has 0 bridgehead atoms. The van der Waals surface area contributed by atoms with Crippen LogP contribution in [-0.2, 0) is 6.42 Å². The van der Waals surface area contributed by atoms with Crippen LogP contribution in [-0.4, -0.2) is 36.7 Å². The van der Waals surface area contributed by atoms with Gasteiger partial charge >= 0.3 is 6.18 Å². The van der Waals surface area contributed by atoms with E-state index in [1.54, 1.807) is 30.3 Å². The van der Waals surface area contributed by atoms with E-state index in [0.717, 1.165) is 16.5 Å². The summed E-state index contributed by atoms with van der Waals surface area (Å²) in [5.74, 6) is 0.466. The van der Waals surface area contributed by atoms with Crippen molar-refractivity contribution in [1.29, 1.82) is 0 Å². The van der Waals surface area contributed by atoms with E-state index in [-0.39, 0.29) is 18.9 Å². The Bertz CT molecular complexity index is 1060. The van der Waals surface area contributed by atoms with Crippen molar-refractivity contribution in [2.24, 2.45) is 0 Å². The molecular weight excluding hydrogens is 462 g/mol. The Morgan fingerprint density at radius 3 is 2.47 bits per heavy atom. The van der Waals surface area contributed by atoms with E-state index in [1.165, 1.54) is 0 Å². The van der Waals surface area contributed by atoms with E-state index in [4.69, 9.17) is 23.2 Å². The molecule has 1 amide bonds. The quantitative estimate of drug-likeness (QED) is 0.357. The second-order valence-electron chi connectivity index (χ2n) is 7.51. The molecule has 0 unspecified atom stereocenters. The fraction of sp³-hybridized carbons (Fsp3) is 0.348. The molecule has 0 aliphatic heterocycles. The van der Waals surface area contributed by atoms with Crippen molar-refractivity contribution in [3.63, 3.8) is 0 Å². The van der Waals surface area contributed by atoms with Crippen molar-refractivity contribution < 1.29 is 18.0 Å². The van der Waals surface area contributed by atoms with Gasteiger partial charge in [-0.3, -0.25) is 4.79 Å². The number of nitrogens with one attached hydrogen (secondary N) is 2. The summed E-state index contributed by atoms with van der Waals surface area (Å²) in [4.78, 5) is 17.5. The summed E-state index contributed by atoms with van der Waals surface area (Å²) in [6.45, 7) is 3.00. The molecule has 0 spiro atoms. The zero-order valence-corrected chi connectivity index (χ0v) is 19.0. The van der Waals surface area contributed by atoms with E-state index in [0.29, 0.717) is 40.9 Å². The maximum Gasteiger partial charge on any atom is 0.389 e. The van der Waals surface area contributed by atoms with Crippen LogP contribution in [0.3, 0.4) is 0 Å². The van der Waals surface area contributed by atoms with Gasteiger partial charge in [0.05, 0.1) is 0 Å². The number of amides is 1. The van der Waals surface area contributed by atoms with Crippen molar-refractivity contribution >= 4 is 45.8 Å². The fourth-order valence-electron chi connectivity index (χ4n) is 3.61. The number of hydrogen-bond donors (Lipinski definition) is 2. The summed E-state index contributed by atoms with van der Waals surface area (Å²) < 4.78 is 38.2. The number of fused-ring (bicyclic) bond motifs is 1. The van der Waals surface area contributed by atoms with Gasteiger partial charge in [0, 0.05) is 52.6 Å². The van der Waals surface area contributed by atoms with Gasteiger partial charge in [0.2, 0.25) is 0 Å². The molecule has 0 radical (unpaired) electrons. The molecule has 0 aliphatic carbocycles. The zero-order valence-electron chi connectivity index (χ0n) is 17.5. The summed E-state index contributed by atoms with van der Waals surface area (Å²) in [5.41, 5.74) is 2.15. The number of carbonyl (C=O) groups excluding carboxylic acids is 1. The predicted octanol–water partition coefficient (Wildman–Crippen LogP) is 6.62. The summed E-state index contributed by atoms with van der Waals surface area (Å²) in [7, 11) is 0. The normalized spacial score (nSPS) is 11.7. The van der Waals surface area contributed by atoms with Gasteiger partial charge in [-0.2, -0.15) is 13.2 Å². The second-order valence-corrected chi connectivity index (χ2v) is 8.39. The van der Waals surface area contributed by atoms with Crippen LogP contribution in [0.15, 0.2) is 42.5 Å². The van der Waals surface area contributed by atoms with Crippen LogP contribution in [0.1, 0.15) is 35.7 Å². The first-order chi connectivity index (χ1) is 15.2. The predicted molar refractivity (Wildman–Crippen MR) is 124 cm³/mol. The lowest BCUT2D eigenvalue weighted by Crippen LogP contribution is -2.28. The number of alkyl halides is 3. The minimum atomic E-state index is -4.21. The van der Waals surface area contributed by atoms with Crippen LogP contribution in [0.2, 0.25) is 10.0 Å². The molecule has 172 valence electrons. The molecule has 0 atom stereocenters. The number of halogens is 5. The van der Waals surface area contributed by atoms with Crippen LogP contribution >= 0.6 is 23.2 Å². The third kappa shape index (κ3) is 6.56. The monoisotopic (exact) mass is 485 g/mol. The molecule has 2 aromatic carbocycles. The van der Waals surface area contributed by atoms with Gasteiger partial charge in [0.25, 0.3) is 5.91 Å². The van der Waals surface area contributed by atoms with E-state index < -0.39 is 12.6 Å². The van der Waals surface area contributed by atoms with Gasteiger partial charge in [0.1, 0.15) is 5.82 Å². The third-order valence-corrected chi connectivity index (χ3v) is 5.49. The average molecular weight is 486 g/mol. The van der Waals surface area contributed by atoms with Crippen molar-refractivity contribution in [3.05, 3.63) is 63.6 Å². The zero-order chi connectivity index (χ0) is 23.3. The van der Waals surface area contributed by atoms with Crippen molar-refractivity contribution in [2.45, 2.75) is 32.4 Å². The molecule has 3 rings (SSSR count). The number of aromatic amines is 1.